The normalized spacial score (nSPS) is 11.4. The van der Waals surface area contributed by atoms with Gasteiger partial charge in [0.1, 0.15) is 5.75 Å². The van der Waals surface area contributed by atoms with Crippen LogP contribution in [0.15, 0.2) is 58.5 Å². The number of nitrogens with one attached hydrogen (secondary N) is 1. The van der Waals surface area contributed by atoms with Crippen LogP contribution in [0.3, 0.4) is 0 Å². The number of ether oxygens (including phenoxy) is 1. The minimum Gasteiger partial charge on any atom is -0.494 e. The molecule has 0 bridgehead atoms. The van der Waals surface area contributed by atoms with E-state index in [0.717, 1.165) is 24.7 Å². The van der Waals surface area contributed by atoms with Crippen LogP contribution >= 0.6 is 0 Å². The molecule has 0 aliphatic carbocycles. The number of hydrogen-bond acceptors (Lipinski definition) is 6. The average Bonchev–Trinajstić information content (AvgIpc) is 2.63. The second-order valence-electron chi connectivity index (χ2n) is 5.38. The molecule has 0 amide bonds. The predicted octanol–water partition coefficient (Wildman–Crippen LogP) is 3.09. The highest BCUT2D eigenvalue weighted by atomic mass is 32.2. The van der Waals surface area contributed by atoms with E-state index in [1.54, 1.807) is 24.3 Å². The van der Waals surface area contributed by atoms with Crippen molar-refractivity contribution in [2.24, 2.45) is 5.10 Å². The van der Waals surface area contributed by atoms with Crippen LogP contribution in [0.25, 0.3) is 0 Å². The number of unbranched alkanes of at least 4 members (excludes halogenated alkanes) is 1. The second-order valence-corrected chi connectivity index (χ2v) is 7.04. The van der Waals surface area contributed by atoms with Gasteiger partial charge in [-0.15, -0.1) is 0 Å². The molecule has 0 saturated heterocycles. The van der Waals surface area contributed by atoms with Crippen LogP contribution in [0.5, 0.6) is 5.75 Å². The molecule has 0 atom stereocenters. The fourth-order valence-corrected chi connectivity index (χ4v) is 2.80. The number of non-ortho nitro benzene ring substituents is 1. The lowest BCUT2D eigenvalue weighted by molar-refractivity contribution is -0.385. The Bertz CT molecular complexity index is 880. The molecule has 0 fully saturated rings. The van der Waals surface area contributed by atoms with Crippen molar-refractivity contribution < 1.29 is 18.1 Å². The summed E-state index contributed by atoms with van der Waals surface area (Å²) < 4.78 is 29.8. The van der Waals surface area contributed by atoms with E-state index in [4.69, 9.17) is 4.74 Å². The topological polar surface area (TPSA) is 111 Å². The number of sulfonamides is 1. The molecule has 0 spiro atoms. The molecular weight excluding hydrogens is 358 g/mol. The van der Waals surface area contributed by atoms with Gasteiger partial charge in [-0.25, -0.2) is 4.83 Å². The first kappa shape index (κ1) is 19.4. The highest BCUT2D eigenvalue weighted by molar-refractivity contribution is 7.89. The Morgan fingerprint density at radius 3 is 2.62 bits per heavy atom. The lowest BCUT2D eigenvalue weighted by atomic mass is 10.2. The summed E-state index contributed by atoms with van der Waals surface area (Å²) in [6.45, 7) is 2.73. The van der Waals surface area contributed by atoms with Crippen LogP contribution in [0.4, 0.5) is 5.69 Å². The van der Waals surface area contributed by atoms with Crippen molar-refractivity contribution in [2.75, 3.05) is 6.61 Å². The highest BCUT2D eigenvalue weighted by Crippen LogP contribution is 2.17. The Balaban J connectivity index is 2.00. The van der Waals surface area contributed by atoms with E-state index < -0.39 is 14.9 Å². The van der Waals surface area contributed by atoms with Crippen molar-refractivity contribution in [3.05, 3.63) is 64.2 Å². The molecule has 0 radical (unpaired) electrons. The SMILES string of the molecule is CCCCOc1ccc(/C=N/NS(=O)(=O)c2cccc([N+](=O)[O-])c2)cc1. The lowest BCUT2D eigenvalue weighted by Gasteiger charge is -2.05. The van der Waals surface area contributed by atoms with Gasteiger partial charge in [-0.2, -0.15) is 13.5 Å². The largest absolute Gasteiger partial charge is 0.494 e. The minimum atomic E-state index is -3.99. The van der Waals surface area contributed by atoms with Crippen molar-refractivity contribution in [3.63, 3.8) is 0 Å². The summed E-state index contributed by atoms with van der Waals surface area (Å²) >= 11 is 0. The van der Waals surface area contributed by atoms with Gasteiger partial charge in [0.25, 0.3) is 15.7 Å². The first-order valence-corrected chi connectivity index (χ1v) is 9.43. The molecule has 2 aromatic carbocycles. The van der Waals surface area contributed by atoms with Crippen molar-refractivity contribution in [2.45, 2.75) is 24.7 Å². The molecule has 2 aromatic rings. The van der Waals surface area contributed by atoms with Gasteiger partial charge >= 0.3 is 0 Å². The summed E-state index contributed by atoms with van der Waals surface area (Å²) in [5.74, 6) is 0.729. The van der Waals surface area contributed by atoms with Gasteiger partial charge in [0.15, 0.2) is 0 Å². The maximum Gasteiger partial charge on any atom is 0.276 e. The van der Waals surface area contributed by atoms with Crippen LogP contribution in [0.1, 0.15) is 25.3 Å². The summed E-state index contributed by atoms with van der Waals surface area (Å²) in [6.07, 6.45) is 3.36. The van der Waals surface area contributed by atoms with E-state index >= 15 is 0 Å². The van der Waals surface area contributed by atoms with E-state index in [-0.39, 0.29) is 10.6 Å². The molecule has 8 nitrogen and oxygen atoms in total. The number of rotatable bonds is 9. The third-order valence-electron chi connectivity index (χ3n) is 3.37. The van der Waals surface area contributed by atoms with E-state index in [1.165, 1.54) is 24.4 Å². The quantitative estimate of drug-likeness (QED) is 0.312. The molecule has 0 saturated carbocycles. The van der Waals surface area contributed by atoms with Gasteiger partial charge in [-0.3, -0.25) is 10.1 Å². The van der Waals surface area contributed by atoms with E-state index in [2.05, 4.69) is 12.0 Å². The predicted molar refractivity (Wildman–Crippen MR) is 97.9 cm³/mol. The van der Waals surface area contributed by atoms with Gasteiger partial charge in [0.2, 0.25) is 0 Å². The van der Waals surface area contributed by atoms with Crippen LogP contribution < -0.4 is 9.57 Å². The van der Waals surface area contributed by atoms with E-state index in [0.29, 0.717) is 12.2 Å². The summed E-state index contributed by atoms with van der Waals surface area (Å²) in [5, 5.41) is 14.4. The third-order valence-corrected chi connectivity index (χ3v) is 4.59. The van der Waals surface area contributed by atoms with Gasteiger partial charge in [-0.1, -0.05) is 19.4 Å². The lowest BCUT2D eigenvalue weighted by Crippen LogP contribution is -2.18. The molecule has 0 aromatic heterocycles. The van der Waals surface area contributed by atoms with Crippen molar-refractivity contribution in [1.29, 1.82) is 0 Å². The number of hydrazone groups is 1. The second kappa shape index (κ2) is 8.95. The summed E-state index contributed by atoms with van der Waals surface area (Å²) in [5.41, 5.74) is 0.366. The molecule has 26 heavy (non-hydrogen) atoms. The monoisotopic (exact) mass is 377 g/mol. The molecule has 0 heterocycles. The number of hydrogen-bond donors (Lipinski definition) is 1. The fraction of sp³-hybridized carbons (Fsp3) is 0.235. The van der Waals surface area contributed by atoms with Crippen molar-refractivity contribution in [1.82, 2.24) is 4.83 Å². The number of nitro benzene ring substituents is 1. The van der Waals surface area contributed by atoms with Crippen molar-refractivity contribution >= 4 is 21.9 Å². The Morgan fingerprint density at radius 1 is 1.23 bits per heavy atom. The number of nitro groups is 1. The van der Waals surface area contributed by atoms with Crippen molar-refractivity contribution in [3.8, 4) is 5.75 Å². The average molecular weight is 377 g/mol. The summed E-state index contributed by atoms with van der Waals surface area (Å²) in [6, 6.07) is 11.8. The zero-order chi connectivity index (χ0) is 19.0. The molecule has 2 rings (SSSR count). The Labute approximate surface area is 151 Å². The van der Waals surface area contributed by atoms with Crippen LogP contribution in [-0.2, 0) is 10.0 Å². The zero-order valence-electron chi connectivity index (χ0n) is 14.2. The fourth-order valence-electron chi connectivity index (χ4n) is 1.97. The van der Waals surface area contributed by atoms with Crippen LogP contribution in [0.2, 0.25) is 0 Å². The van der Waals surface area contributed by atoms with Crippen LogP contribution in [0, 0.1) is 10.1 Å². The number of nitrogens with zero attached hydrogens (tertiary/aromatic N) is 2. The molecule has 138 valence electrons. The minimum absolute atomic E-state index is 0.233. The van der Waals surface area contributed by atoms with Crippen LogP contribution in [-0.4, -0.2) is 26.2 Å². The van der Waals surface area contributed by atoms with Gasteiger partial charge in [0.05, 0.1) is 22.6 Å². The van der Waals surface area contributed by atoms with E-state index in [1.807, 2.05) is 4.83 Å². The molecular formula is C17H19N3O5S. The Morgan fingerprint density at radius 2 is 1.96 bits per heavy atom. The maximum absolute atomic E-state index is 12.1. The van der Waals surface area contributed by atoms with Gasteiger partial charge < -0.3 is 4.74 Å². The zero-order valence-corrected chi connectivity index (χ0v) is 15.0. The molecule has 0 aliphatic rings. The Hall–Kier alpha value is -2.94. The van der Waals surface area contributed by atoms with E-state index in [9.17, 15) is 18.5 Å². The first-order chi connectivity index (χ1) is 12.4. The summed E-state index contributed by atoms with van der Waals surface area (Å²) in [4.78, 5) is 11.9. The smallest absolute Gasteiger partial charge is 0.276 e. The highest BCUT2D eigenvalue weighted by Gasteiger charge is 2.16. The van der Waals surface area contributed by atoms with Gasteiger partial charge in [-0.05, 0) is 42.3 Å². The first-order valence-electron chi connectivity index (χ1n) is 7.94. The molecule has 0 unspecified atom stereocenters. The standard InChI is InChI=1S/C17H19N3O5S/c1-2-3-11-25-16-9-7-14(8-10-16)13-18-19-26(23,24)17-6-4-5-15(12-17)20(21)22/h4-10,12-13,19H,2-3,11H2,1H3/b18-13+. The molecule has 9 heteroatoms. The summed E-state index contributed by atoms with van der Waals surface area (Å²) in [7, 11) is -3.99. The molecule has 1 N–H and O–H groups in total. The van der Waals surface area contributed by atoms with Gasteiger partial charge in [0, 0.05) is 12.1 Å². The molecule has 0 aliphatic heterocycles. The maximum atomic E-state index is 12.1. The third kappa shape index (κ3) is 5.55. The number of benzene rings is 2. The Kier molecular flexibility index (Phi) is 6.67.